The maximum absolute atomic E-state index is 14.0. The van der Waals surface area contributed by atoms with E-state index in [2.05, 4.69) is 11.8 Å². The molecule has 1 aliphatic rings. The van der Waals surface area contributed by atoms with Gasteiger partial charge in [0.25, 0.3) is 0 Å². The second-order valence-corrected chi connectivity index (χ2v) is 5.38. The Morgan fingerprint density at radius 2 is 2.22 bits per heavy atom. The molecule has 0 heterocycles. The van der Waals surface area contributed by atoms with Crippen LogP contribution in [0.15, 0.2) is 18.2 Å². The Balaban J connectivity index is 2.18. The number of nitrogens with zero attached hydrogens (tertiary/aromatic N) is 1. The summed E-state index contributed by atoms with van der Waals surface area (Å²) < 4.78 is 14.0. The molecule has 0 spiro atoms. The first-order valence-electron chi connectivity index (χ1n) is 6.54. The molecule has 1 saturated carbocycles. The fraction of sp³-hybridized carbons (Fsp3) is 0.571. The number of halogens is 2. The van der Waals surface area contributed by atoms with Crippen molar-refractivity contribution in [3.05, 3.63) is 34.6 Å². The molecular weight excluding hydrogens is 251 g/mol. The van der Waals surface area contributed by atoms with E-state index in [1.165, 1.54) is 18.9 Å². The average molecular weight is 271 g/mol. The minimum absolute atomic E-state index is 0.0483. The number of likely N-dealkylation sites (N-methyl/N-ethyl adjacent to an activating group) is 1. The molecule has 1 aromatic rings. The van der Waals surface area contributed by atoms with Crippen LogP contribution in [0.1, 0.15) is 31.4 Å². The summed E-state index contributed by atoms with van der Waals surface area (Å²) in [7, 11) is 0. The van der Waals surface area contributed by atoms with E-state index >= 15 is 0 Å². The predicted octanol–water partition coefficient (Wildman–Crippen LogP) is 3.21. The molecule has 0 radical (unpaired) electrons. The van der Waals surface area contributed by atoms with Crippen LogP contribution in [-0.4, -0.2) is 24.5 Å². The van der Waals surface area contributed by atoms with Crippen LogP contribution < -0.4 is 5.73 Å². The quantitative estimate of drug-likeness (QED) is 0.860. The molecule has 4 heteroatoms. The maximum atomic E-state index is 14.0. The highest BCUT2D eigenvalue weighted by atomic mass is 35.5. The molecule has 2 N–H and O–H groups in total. The van der Waals surface area contributed by atoms with Crippen molar-refractivity contribution in [1.29, 1.82) is 0 Å². The van der Waals surface area contributed by atoms with Crippen molar-refractivity contribution in [1.82, 2.24) is 4.90 Å². The van der Waals surface area contributed by atoms with Crippen molar-refractivity contribution in [2.24, 2.45) is 11.7 Å². The van der Waals surface area contributed by atoms with E-state index in [-0.39, 0.29) is 11.9 Å². The topological polar surface area (TPSA) is 29.3 Å². The first kappa shape index (κ1) is 13.8. The van der Waals surface area contributed by atoms with Crippen LogP contribution in [-0.2, 0) is 0 Å². The Kier molecular flexibility index (Phi) is 4.60. The standard InChI is InChI=1S/C14H20ClFN2/c1-2-18(9-10-3-4-10)14(8-17)12-6-5-11(15)7-13(12)16/h5-7,10,14H,2-4,8-9,17H2,1H3. The third-order valence-electron chi connectivity index (χ3n) is 3.58. The van der Waals surface area contributed by atoms with Gasteiger partial charge in [0.2, 0.25) is 0 Å². The zero-order chi connectivity index (χ0) is 13.1. The Labute approximate surface area is 113 Å². The second-order valence-electron chi connectivity index (χ2n) is 4.95. The van der Waals surface area contributed by atoms with Crippen LogP contribution >= 0.6 is 11.6 Å². The summed E-state index contributed by atoms with van der Waals surface area (Å²) in [6.45, 7) is 4.43. The van der Waals surface area contributed by atoms with Crippen LogP contribution in [0.25, 0.3) is 0 Å². The van der Waals surface area contributed by atoms with Gasteiger partial charge in [-0.15, -0.1) is 0 Å². The molecule has 1 unspecified atom stereocenters. The van der Waals surface area contributed by atoms with E-state index in [0.717, 1.165) is 19.0 Å². The molecule has 1 aliphatic carbocycles. The number of hydrogen-bond donors (Lipinski definition) is 1. The van der Waals surface area contributed by atoms with Gasteiger partial charge in [-0.1, -0.05) is 24.6 Å². The summed E-state index contributed by atoms with van der Waals surface area (Å²) in [5, 5.41) is 0.428. The molecule has 0 amide bonds. The summed E-state index contributed by atoms with van der Waals surface area (Å²) in [6, 6.07) is 4.80. The normalized spacial score (nSPS) is 17.2. The van der Waals surface area contributed by atoms with Crippen LogP contribution in [0.4, 0.5) is 4.39 Å². The fourth-order valence-corrected chi connectivity index (χ4v) is 2.51. The first-order valence-corrected chi connectivity index (χ1v) is 6.92. The van der Waals surface area contributed by atoms with Crippen molar-refractivity contribution < 1.29 is 4.39 Å². The zero-order valence-corrected chi connectivity index (χ0v) is 11.5. The molecular formula is C14H20ClFN2. The van der Waals surface area contributed by atoms with Gasteiger partial charge in [-0.25, -0.2) is 4.39 Å². The summed E-state index contributed by atoms with van der Waals surface area (Å²) in [4.78, 5) is 2.27. The minimum atomic E-state index is -0.257. The van der Waals surface area contributed by atoms with E-state index in [1.54, 1.807) is 12.1 Å². The van der Waals surface area contributed by atoms with E-state index in [0.29, 0.717) is 17.1 Å². The van der Waals surface area contributed by atoms with E-state index in [1.807, 2.05) is 0 Å². The summed E-state index contributed by atoms with van der Waals surface area (Å²) in [5.41, 5.74) is 6.50. The molecule has 2 nitrogen and oxygen atoms in total. The molecule has 0 bridgehead atoms. The van der Waals surface area contributed by atoms with E-state index < -0.39 is 0 Å². The minimum Gasteiger partial charge on any atom is -0.329 e. The molecule has 100 valence electrons. The number of benzene rings is 1. The Bertz CT molecular complexity index is 407. The van der Waals surface area contributed by atoms with Crippen molar-refractivity contribution >= 4 is 11.6 Å². The lowest BCUT2D eigenvalue weighted by Gasteiger charge is -2.30. The monoisotopic (exact) mass is 270 g/mol. The van der Waals surface area contributed by atoms with Gasteiger partial charge in [0.1, 0.15) is 5.82 Å². The SMILES string of the molecule is CCN(CC1CC1)C(CN)c1ccc(Cl)cc1F. The molecule has 2 rings (SSSR count). The van der Waals surface area contributed by atoms with Crippen molar-refractivity contribution in [2.45, 2.75) is 25.8 Å². The van der Waals surface area contributed by atoms with Crippen LogP contribution in [0.5, 0.6) is 0 Å². The average Bonchev–Trinajstić information content (AvgIpc) is 3.15. The Hall–Kier alpha value is -0.640. The van der Waals surface area contributed by atoms with Gasteiger partial charge in [-0.3, -0.25) is 4.90 Å². The lowest BCUT2D eigenvalue weighted by molar-refractivity contribution is 0.199. The second kappa shape index (κ2) is 6.00. The third kappa shape index (κ3) is 3.22. The number of hydrogen-bond acceptors (Lipinski definition) is 2. The zero-order valence-electron chi connectivity index (χ0n) is 10.7. The lowest BCUT2D eigenvalue weighted by Crippen LogP contribution is -2.35. The number of rotatable bonds is 6. The predicted molar refractivity (Wildman–Crippen MR) is 73.2 cm³/mol. The first-order chi connectivity index (χ1) is 8.65. The van der Waals surface area contributed by atoms with Gasteiger partial charge in [0.05, 0.1) is 0 Å². The number of nitrogens with two attached hydrogens (primary N) is 1. The van der Waals surface area contributed by atoms with Gasteiger partial charge >= 0.3 is 0 Å². The van der Waals surface area contributed by atoms with Crippen molar-refractivity contribution in [3.63, 3.8) is 0 Å². The highest BCUT2D eigenvalue weighted by Crippen LogP contribution is 2.33. The molecule has 1 fully saturated rings. The summed E-state index contributed by atoms with van der Waals surface area (Å²) in [6.07, 6.45) is 2.58. The fourth-order valence-electron chi connectivity index (χ4n) is 2.35. The summed E-state index contributed by atoms with van der Waals surface area (Å²) in [5.74, 6) is 0.515. The summed E-state index contributed by atoms with van der Waals surface area (Å²) >= 11 is 5.79. The van der Waals surface area contributed by atoms with E-state index in [4.69, 9.17) is 17.3 Å². The van der Waals surface area contributed by atoms with Gasteiger partial charge < -0.3 is 5.73 Å². The highest BCUT2D eigenvalue weighted by Gasteiger charge is 2.28. The molecule has 0 aliphatic heterocycles. The molecule has 0 saturated heterocycles. The van der Waals surface area contributed by atoms with Gasteiger partial charge in [-0.2, -0.15) is 0 Å². The van der Waals surface area contributed by atoms with Crippen LogP contribution in [0, 0.1) is 11.7 Å². The Morgan fingerprint density at radius 3 is 2.72 bits per heavy atom. The van der Waals surface area contributed by atoms with Gasteiger partial charge in [-0.05, 0) is 37.4 Å². The highest BCUT2D eigenvalue weighted by molar-refractivity contribution is 6.30. The smallest absolute Gasteiger partial charge is 0.129 e. The maximum Gasteiger partial charge on any atom is 0.129 e. The molecule has 0 aromatic heterocycles. The largest absolute Gasteiger partial charge is 0.329 e. The molecule has 1 aromatic carbocycles. The van der Waals surface area contributed by atoms with Crippen LogP contribution in [0.2, 0.25) is 5.02 Å². The third-order valence-corrected chi connectivity index (χ3v) is 3.82. The van der Waals surface area contributed by atoms with Crippen molar-refractivity contribution in [2.75, 3.05) is 19.6 Å². The van der Waals surface area contributed by atoms with E-state index in [9.17, 15) is 4.39 Å². The molecule has 1 atom stereocenters. The van der Waals surface area contributed by atoms with Crippen LogP contribution in [0.3, 0.4) is 0 Å². The van der Waals surface area contributed by atoms with Gasteiger partial charge in [0, 0.05) is 29.7 Å². The Morgan fingerprint density at radius 1 is 1.50 bits per heavy atom. The molecule has 18 heavy (non-hydrogen) atoms. The van der Waals surface area contributed by atoms with Crippen molar-refractivity contribution in [3.8, 4) is 0 Å². The van der Waals surface area contributed by atoms with Gasteiger partial charge in [0.15, 0.2) is 0 Å². The lowest BCUT2D eigenvalue weighted by atomic mass is 10.0.